The number of hydrogen-bond acceptors (Lipinski definition) is 6. The van der Waals surface area contributed by atoms with E-state index in [-0.39, 0.29) is 23.3 Å². The van der Waals surface area contributed by atoms with Crippen molar-refractivity contribution >= 4 is 17.8 Å². The number of hydrogen-bond donors (Lipinski definition) is 3. The normalized spacial score (nSPS) is 21.7. The van der Waals surface area contributed by atoms with Gasteiger partial charge in [0.25, 0.3) is 0 Å². The smallest absolute Gasteiger partial charge is 0.335 e. The highest BCUT2D eigenvalue weighted by Gasteiger charge is 2.55. The number of aliphatic hydroxyl groups is 1. The van der Waals surface area contributed by atoms with Crippen molar-refractivity contribution in [1.82, 2.24) is 15.1 Å². The number of carbonyl (C=O) groups excluding carboxylic acids is 2. The number of carboxylic acid groups (broad SMARTS) is 1. The molecule has 43 heavy (non-hydrogen) atoms. The molecule has 2 heterocycles. The second kappa shape index (κ2) is 13.5. The van der Waals surface area contributed by atoms with E-state index in [2.05, 4.69) is 41.4 Å². The summed E-state index contributed by atoms with van der Waals surface area (Å²) in [7, 11) is 1.55. The summed E-state index contributed by atoms with van der Waals surface area (Å²) >= 11 is 0. The van der Waals surface area contributed by atoms with Crippen molar-refractivity contribution < 1.29 is 29.3 Å². The minimum absolute atomic E-state index is 0.0732. The highest BCUT2D eigenvalue weighted by atomic mass is 16.5. The van der Waals surface area contributed by atoms with Crippen molar-refractivity contribution in [2.45, 2.75) is 88.9 Å². The predicted octanol–water partition coefficient (Wildman–Crippen LogP) is 4.00. The molecule has 1 saturated carbocycles. The molecule has 2 aromatic carbocycles. The Labute approximate surface area is 254 Å². The predicted molar refractivity (Wildman–Crippen MR) is 163 cm³/mol. The lowest BCUT2D eigenvalue weighted by molar-refractivity contribution is -0.165. The Morgan fingerprint density at radius 3 is 2.37 bits per heavy atom. The van der Waals surface area contributed by atoms with Gasteiger partial charge in [-0.05, 0) is 66.8 Å². The summed E-state index contributed by atoms with van der Waals surface area (Å²) in [6.07, 6.45) is 6.66. The Balaban J connectivity index is 1.21. The van der Waals surface area contributed by atoms with E-state index in [1.807, 2.05) is 4.90 Å². The van der Waals surface area contributed by atoms with Gasteiger partial charge in [0, 0.05) is 32.6 Å². The van der Waals surface area contributed by atoms with Crippen molar-refractivity contribution in [2.24, 2.45) is 5.92 Å². The zero-order valence-corrected chi connectivity index (χ0v) is 25.4. The van der Waals surface area contributed by atoms with Gasteiger partial charge in [0.15, 0.2) is 0 Å². The van der Waals surface area contributed by atoms with E-state index in [0.717, 1.165) is 56.2 Å². The van der Waals surface area contributed by atoms with Crippen LogP contribution in [0.5, 0.6) is 5.75 Å². The average Bonchev–Trinajstić information content (AvgIpc) is 3.56. The highest BCUT2D eigenvalue weighted by Crippen LogP contribution is 2.37. The molecule has 0 bridgehead atoms. The molecule has 3 aliphatic rings. The first-order chi connectivity index (χ1) is 20.8. The maximum atomic E-state index is 13.8. The maximum absolute atomic E-state index is 13.8. The Kier molecular flexibility index (Phi) is 9.72. The van der Waals surface area contributed by atoms with Crippen molar-refractivity contribution in [3.63, 3.8) is 0 Å². The number of likely N-dealkylation sites (tertiary alicyclic amines) is 1. The third-order valence-electron chi connectivity index (χ3n) is 9.76. The number of piperazine rings is 1. The first kappa shape index (κ1) is 31.0. The lowest BCUT2D eigenvalue weighted by atomic mass is 9.80. The van der Waals surface area contributed by atoms with E-state index >= 15 is 0 Å². The zero-order valence-electron chi connectivity index (χ0n) is 25.4. The fraction of sp³-hybridized carbons (Fsp3) is 0.559. The second-order valence-corrected chi connectivity index (χ2v) is 12.5. The average molecular weight is 592 g/mol. The van der Waals surface area contributed by atoms with Gasteiger partial charge >= 0.3 is 5.97 Å². The van der Waals surface area contributed by atoms with Gasteiger partial charge in [0.1, 0.15) is 17.3 Å². The van der Waals surface area contributed by atoms with Crippen molar-refractivity contribution in [2.75, 3.05) is 26.7 Å². The minimum atomic E-state index is -0.982. The number of amides is 2. The number of carbonyl (C=O) groups is 3. The fourth-order valence-corrected chi connectivity index (χ4v) is 7.12. The third kappa shape index (κ3) is 6.58. The molecule has 1 aliphatic carbocycles. The Hall–Kier alpha value is -3.43. The quantitative estimate of drug-likeness (QED) is 0.362. The standard InChI is InChI=1S/C34H45N3O6/c1-3-4-17-37-31(39)29(30(38)25-7-5-6-8-25)35-33(42)34(37)15-18-36(19-16-34)22-24-11-9-23(10-12-24)20-26-13-14-27(32(40)41)21-28(26)43-2/h9-14,21,25,29-30,38H,3-8,15-20,22H2,1-2H3,(H,35,42)(H,40,41)/t29-,30-/m1/s1. The molecule has 9 nitrogen and oxygen atoms in total. The van der Waals surface area contributed by atoms with E-state index in [9.17, 15) is 24.6 Å². The van der Waals surface area contributed by atoms with Crippen molar-refractivity contribution in [3.8, 4) is 5.75 Å². The van der Waals surface area contributed by atoms with Gasteiger partial charge in [0.2, 0.25) is 11.8 Å². The van der Waals surface area contributed by atoms with Crippen LogP contribution in [0.25, 0.3) is 0 Å². The molecule has 9 heteroatoms. The lowest BCUT2D eigenvalue weighted by Gasteiger charge is -2.52. The van der Waals surface area contributed by atoms with Gasteiger partial charge in [-0.25, -0.2) is 4.79 Å². The van der Waals surface area contributed by atoms with Crippen LogP contribution in [0.2, 0.25) is 0 Å². The van der Waals surface area contributed by atoms with Gasteiger partial charge in [-0.2, -0.15) is 0 Å². The van der Waals surface area contributed by atoms with Crippen LogP contribution in [0.3, 0.4) is 0 Å². The number of nitrogens with zero attached hydrogens (tertiary/aromatic N) is 2. The van der Waals surface area contributed by atoms with Crippen LogP contribution in [-0.2, 0) is 22.6 Å². The summed E-state index contributed by atoms with van der Waals surface area (Å²) < 4.78 is 5.43. The topological polar surface area (TPSA) is 119 Å². The maximum Gasteiger partial charge on any atom is 0.335 e. The molecule has 0 radical (unpaired) electrons. The first-order valence-electron chi connectivity index (χ1n) is 15.8. The van der Waals surface area contributed by atoms with Crippen LogP contribution in [0.4, 0.5) is 0 Å². The van der Waals surface area contributed by atoms with Gasteiger partial charge in [0.05, 0.1) is 18.8 Å². The summed E-state index contributed by atoms with van der Waals surface area (Å²) in [5.41, 5.74) is 2.53. The monoisotopic (exact) mass is 591 g/mol. The molecule has 0 aromatic heterocycles. The molecule has 3 fully saturated rings. The fourth-order valence-electron chi connectivity index (χ4n) is 7.12. The number of carboxylic acids is 1. The minimum Gasteiger partial charge on any atom is -0.496 e. The molecule has 2 saturated heterocycles. The molecular formula is C34H45N3O6. The summed E-state index contributed by atoms with van der Waals surface area (Å²) in [4.78, 5) is 42.9. The van der Waals surface area contributed by atoms with Gasteiger partial charge in [-0.1, -0.05) is 56.5 Å². The van der Waals surface area contributed by atoms with E-state index in [1.165, 1.54) is 5.56 Å². The molecule has 232 valence electrons. The van der Waals surface area contributed by atoms with E-state index in [1.54, 1.807) is 25.3 Å². The number of benzene rings is 2. The van der Waals surface area contributed by atoms with E-state index in [0.29, 0.717) is 44.6 Å². The Bertz CT molecular complexity index is 1300. The summed E-state index contributed by atoms with van der Waals surface area (Å²) in [6, 6.07) is 12.5. The van der Waals surface area contributed by atoms with Crippen LogP contribution in [-0.4, -0.2) is 82.2 Å². The number of nitrogens with one attached hydrogen (secondary N) is 1. The molecule has 0 unspecified atom stereocenters. The Morgan fingerprint density at radius 1 is 1.07 bits per heavy atom. The molecule has 1 spiro atoms. The van der Waals surface area contributed by atoms with Gasteiger partial charge in [-0.3, -0.25) is 14.5 Å². The first-order valence-corrected chi connectivity index (χ1v) is 15.8. The molecule has 5 rings (SSSR count). The number of unbranched alkanes of at least 4 members (excludes halogenated alkanes) is 1. The molecule has 2 amide bonds. The number of aromatic carboxylic acids is 1. The van der Waals surface area contributed by atoms with Crippen LogP contribution in [0, 0.1) is 5.92 Å². The van der Waals surface area contributed by atoms with Crippen LogP contribution >= 0.6 is 0 Å². The molecule has 2 aromatic rings. The molecule has 3 N–H and O–H groups in total. The zero-order chi connectivity index (χ0) is 30.6. The molecular weight excluding hydrogens is 546 g/mol. The van der Waals surface area contributed by atoms with Crippen molar-refractivity contribution in [3.05, 3.63) is 64.7 Å². The van der Waals surface area contributed by atoms with Crippen LogP contribution < -0.4 is 10.1 Å². The lowest BCUT2D eigenvalue weighted by Crippen LogP contribution is -2.75. The van der Waals surface area contributed by atoms with Crippen molar-refractivity contribution in [1.29, 1.82) is 0 Å². The van der Waals surface area contributed by atoms with Gasteiger partial charge < -0.3 is 25.2 Å². The van der Waals surface area contributed by atoms with Crippen LogP contribution in [0.1, 0.15) is 85.3 Å². The second-order valence-electron chi connectivity index (χ2n) is 12.5. The highest BCUT2D eigenvalue weighted by molar-refractivity contribution is 6.00. The summed E-state index contributed by atoms with van der Waals surface area (Å²) in [5, 5.41) is 23.3. The number of methoxy groups -OCH3 is 1. The van der Waals surface area contributed by atoms with Gasteiger partial charge in [-0.15, -0.1) is 0 Å². The van der Waals surface area contributed by atoms with Crippen LogP contribution in [0.15, 0.2) is 42.5 Å². The molecule has 2 atom stereocenters. The SMILES string of the molecule is CCCCN1C(=O)[C@@H]([C@H](O)C2CCCC2)NC(=O)C12CCN(Cc1ccc(Cc3ccc(C(=O)O)cc3OC)cc1)CC2. The van der Waals surface area contributed by atoms with E-state index < -0.39 is 23.7 Å². The number of piperidine rings is 1. The number of ether oxygens (including phenoxy) is 1. The molecule has 2 aliphatic heterocycles. The third-order valence-corrected chi connectivity index (χ3v) is 9.76. The Morgan fingerprint density at radius 2 is 1.74 bits per heavy atom. The number of rotatable bonds is 11. The number of aliphatic hydroxyl groups excluding tert-OH is 1. The largest absolute Gasteiger partial charge is 0.496 e. The summed E-state index contributed by atoms with van der Waals surface area (Å²) in [6.45, 7) is 4.79. The van der Waals surface area contributed by atoms with E-state index in [4.69, 9.17) is 4.74 Å². The summed E-state index contributed by atoms with van der Waals surface area (Å²) in [5.74, 6) is -0.579.